The number of nitrogens with two attached hydrogens (primary N) is 1. The van der Waals surface area contributed by atoms with Crippen molar-refractivity contribution in [2.75, 3.05) is 5.73 Å². The Morgan fingerprint density at radius 3 is 2.75 bits per heavy atom. The number of H-pyrrole nitrogens is 1. The largest absolute Gasteiger partial charge is 0.416 e. The Morgan fingerprint density at radius 1 is 1.40 bits per heavy atom. The summed E-state index contributed by atoms with van der Waals surface area (Å²) in [6.45, 7) is 0.120. The van der Waals surface area contributed by atoms with Gasteiger partial charge in [0.05, 0.1) is 29.7 Å². The van der Waals surface area contributed by atoms with E-state index in [4.69, 9.17) is 5.73 Å². The van der Waals surface area contributed by atoms with Crippen molar-refractivity contribution in [1.82, 2.24) is 15.3 Å². The summed E-state index contributed by atoms with van der Waals surface area (Å²) in [6.07, 6.45) is -1.60. The van der Waals surface area contributed by atoms with Gasteiger partial charge in [-0.2, -0.15) is 13.2 Å². The molecule has 1 aromatic carbocycles. The Balaban J connectivity index is 2.16. The first kappa shape index (κ1) is 13.9. The van der Waals surface area contributed by atoms with Gasteiger partial charge in [0.15, 0.2) is 0 Å². The second-order valence-electron chi connectivity index (χ2n) is 4.06. The maximum atomic E-state index is 12.6. The molecule has 0 unspecified atom stereocenters. The van der Waals surface area contributed by atoms with Crippen LogP contribution in [-0.4, -0.2) is 15.9 Å². The molecule has 0 spiro atoms. The van der Waals surface area contributed by atoms with Crippen molar-refractivity contribution in [3.63, 3.8) is 0 Å². The van der Waals surface area contributed by atoms with E-state index < -0.39 is 17.6 Å². The molecule has 5 nitrogen and oxygen atoms in total. The Hall–Kier alpha value is -2.51. The van der Waals surface area contributed by atoms with Crippen LogP contribution < -0.4 is 11.1 Å². The predicted molar refractivity (Wildman–Crippen MR) is 65.6 cm³/mol. The number of anilines is 1. The smallest absolute Gasteiger partial charge is 0.398 e. The van der Waals surface area contributed by atoms with Crippen LogP contribution in [0.4, 0.5) is 18.9 Å². The highest BCUT2D eigenvalue weighted by atomic mass is 19.4. The van der Waals surface area contributed by atoms with E-state index in [0.29, 0.717) is 5.69 Å². The van der Waals surface area contributed by atoms with Crippen LogP contribution in [0.1, 0.15) is 21.6 Å². The molecular weight excluding hydrogens is 273 g/mol. The monoisotopic (exact) mass is 284 g/mol. The normalized spacial score (nSPS) is 11.3. The minimum Gasteiger partial charge on any atom is -0.398 e. The Bertz CT molecular complexity index is 608. The summed E-state index contributed by atoms with van der Waals surface area (Å²) in [4.78, 5) is 18.4. The topological polar surface area (TPSA) is 83.8 Å². The molecular formula is C12H11F3N4O. The standard InChI is InChI=1S/C12H11F3N4O/c13-12(14,15)7-1-2-10(16)9(3-7)11(20)18-5-8-4-17-6-19-8/h1-4,6H,5,16H2,(H,17,19)(H,18,20). The fraction of sp³-hybridized carbons (Fsp3) is 0.167. The van der Waals surface area contributed by atoms with Crippen LogP contribution in [0.15, 0.2) is 30.7 Å². The summed E-state index contributed by atoms with van der Waals surface area (Å²) in [5.74, 6) is -0.678. The highest BCUT2D eigenvalue weighted by Gasteiger charge is 2.31. The third kappa shape index (κ3) is 3.08. The zero-order valence-corrected chi connectivity index (χ0v) is 10.2. The number of nitrogens with one attached hydrogen (secondary N) is 2. The number of halogens is 3. The lowest BCUT2D eigenvalue weighted by Gasteiger charge is -2.11. The number of aromatic nitrogens is 2. The van der Waals surface area contributed by atoms with Gasteiger partial charge >= 0.3 is 6.18 Å². The zero-order valence-electron chi connectivity index (χ0n) is 10.2. The minimum atomic E-state index is -4.52. The van der Waals surface area contributed by atoms with E-state index in [2.05, 4.69) is 15.3 Å². The van der Waals surface area contributed by atoms with Crippen molar-refractivity contribution in [3.8, 4) is 0 Å². The molecule has 0 bridgehead atoms. The van der Waals surface area contributed by atoms with Crippen LogP contribution >= 0.6 is 0 Å². The zero-order chi connectivity index (χ0) is 14.8. The number of carbonyl (C=O) groups excluding carboxylic acids is 1. The van der Waals surface area contributed by atoms with Crippen LogP contribution in [0.3, 0.4) is 0 Å². The van der Waals surface area contributed by atoms with Crippen molar-refractivity contribution in [3.05, 3.63) is 47.5 Å². The quantitative estimate of drug-likeness (QED) is 0.753. The third-order valence-corrected chi connectivity index (χ3v) is 2.62. The van der Waals surface area contributed by atoms with Gasteiger partial charge in [0, 0.05) is 11.9 Å². The predicted octanol–water partition coefficient (Wildman–Crippen LogP) is 1.94. The van der Waals surface area contributed by atoms with E-state index in [9.17, 15) is 18.0 Å². The summed E-state index contributed by atoms with van der Waals surface area (Å²) in [7, 11) is 0. The Morgan fingerprint density at radius 2 is 2.15 bits per heavy atom. The number of amides is 1. The number of benzene rings is 1. The van der Waals surface area contributed by atoms with Crippen molar-refractivity contribution in [1.29, 1.82) is 0 Å². The number of hydrogen-bond acceptors (Lipinski definition) is 3. The van der Waals surface area contributed by atoms with Gasteiger partial charge in [0.25, 0.3) is 5.91 Å². The van der Waals surface area contributed by atoms with E-state index in [0.717, 1.165) is 18.2 Å². The summed E-state index contributed by atoms with van der Waals surface area (Å²) in [5.41, 5.74) is 5.02. The van der Waals surface area contributed by atoms with Gasteiger partial charge in [-0.25, -0.2) is 4.98 Å². The van der Waals surface area contributed by atoms with Crippen molar-refractivity contribution < 1.29 is 18.0 Å². The van der Waals surface area contributed by atoms with Crippen molar-refractivity contribution >= 4 is 11.6 Å². The number of hydrogen-bond donors (Lipinski definition) is 3. The van der Waals surface area contributed by atoms with Crippen LogP contribution in [0.2, 0.25) is 0 Å². The fourth-order valence-corrected chi connectivity index (χ4v) is 1.58. The first-order valence-electron chi connectivity index (χ1n) is 5.60. The summed E-state index contributed by atoms with van der Waals surface area (Å²) < 4.78 is 37.8. The fourth-order valence-electron chi connectivity index (χ4n) is 1.58. The maximum absolute atomic E-state index is 12.6. The highest BCUT2D eigenvalue weighted by molar-refractivity contribution is 5.99. The number of rotatable bonds is 3. The van der Waals surface area contributed by atoms with E-state index in [-0.39, 0.29) is 17.8 Å². The van der Waals surface area contributed by atoms with Gasteiger partial charge in [0.1, 0.15) is 0 Å². The van der Waals surface area contributed by atoms with E-state index in [1.165, 1.54) is 12.5 Å². The molecule has 2 rings (SSSR count). The minimum absolute atomic E-state index is 0.0138. The summed E-state index contributed by atoms with van der Waals surface area (Å²) in [6, 6.07) is 2.63. The molecule has 4 N–H and O–H groups in total. The number of nitrogens with zero attached hydrogens (tertiary/aromatic N) is 1. The average Bonchev–Trinajstić information content (AvgIpc) is 2.88. The van der Waals surface area contributed by atoms with E-state index >= 15 is 0 Å². The molecule has 0 atom stereocenters. The molecule has 0 aliphatic heterocycles. The SMILES string of the molecule is Nc1ccc(C(F)(F)F)cc1C(=O)NCc1cnc[nH]1. The lowest BCUT2D eigenvalue weighted by molar-refractivity contribution is -0.137. The summed E-state index contributed by atoms with van der Waals surface area (Å²) in [5, 5.41) is 2.46. The first-order valence-corrected chi connectivity index (χ1v) is 5.60. The number of carbonyl (C=O) groups is 1. The molecule has 20 heavy (non-hydrogen) atoms. The molecule has 0 fully saturated rings. The van der Waals surface area contributed by atoms with Gasteiger partial charge in [-0.15, -0.1) is 0 Å². The van der Waals surface area contributed by atoms with Crippen molar-refractivity contribution in [2.45, 2.75) is 12.7 Å². The number of aromatic amines is 1. The van der Waals surface area contributed by atoms with Crippen LogP contribution in [0.25, 0.3) is 0 Å². The first-order chi connectivity index (χ1) is 9.38. The molecule has 1 amide bonds. The molecule has 0 radical (unpaired) electrons. The summed E-state index contributed by atoms with van der Waals surface area (Å²) >= 11 is 0. The van der Waals surface area contributed by atoms with Crippen LogP contribution in [-0.2, 0) is 12.7 Å². The van der Waals surface area contributed by atoms with Gasteiger partial charge in [-0.05, 0) is 18.2 Å². The number of alkyl halides is 3. The third-order valence-electron chi connectivity index (χ3n) is 2.62. The van der Waals surface area contributed by atoms with Gasteiger partial charge < -0.3 is 16.0 Å². The lowest BCUT2D eigenvalue weighted by atomic mass is 10.1. The van der Waals surface area contributed by atoms with Crippen LogP contribution in [0.5, 0.6) is 0 Å². The van der Waals surface area contributed by atoms with Gasteiger partial charge in [-0.1, -0.05) is 0 Å². The number of nitrogen functional groups attached to an aromatic ring is 1. The molecule has 0 saturated heterocycles. The molecule has 106 valence electrons. The Labute approximate surface area is 112 Å². The molecule has 0 saturated carbocycles. The molecule has 0 aliphatic rings. The molecule has 0 aliphatic carbocycles. The maximum Gasteiger partial charge on any atom is 0.416 e. The van der Waals surface area contributed by atoms with Crippen LogP contribution in [0, 0.1) is 0 Å². The molecule has 1 aromatic heterocycles. The molecule has 8 heteroatoms. The Kier molecular flexibility index (Phi) is 3.64. The molecule has 1 heterocycles. The average molecular weight is 284 g/mol. The number of imidazole rings is 1. The highest BCUT2D eigenvalue weighted by Crippen LogP contribution is 2.31. The van der Waals surface area contributed by atoms with E-state index in [1.54, 1.807) is 0 Å². The molecule has 2 aromatic rings. The second-order valence-corrected chi connectivity index (χ2v) is 4.06. The lowest BCUT2D eigenvalue weighted by Crippen LogP contribution is -2.24. The second kappa shape index (κ2) is 5.24. The van der Waals surface area contributed by atoms with Gasteiger partial charge in [-0.3, -0.25) is 4.79 Å². The van der Waals surface area contributed by atoms with Gasteiger partial charge in [0.2, 0.25) is 0 Å². The van der Waals surface area contributed by atoms with E-state index in [1.807, 2.05) is 0 Å². The van der Waals surface area contributed by atoms with Crippen molar-refractivity contribution in [2.24, 2.45) is 0 Å².